The number of nitrogens with one attached hydrogen (secondary N) is 1. The van der Waals surface area contributed by atoms with E-state index in [9.17, 15) is 18.0 Å². The fraction of sp³-hybridized carbons (Fsp3) is 0.417. The highest BCUT2D eigenvalue weighted by atomic mass is 35.5. The number of ether oxygens (including phenoxy) is 1. The van der Waals surface area contributed by atoms with E-state index in [1.54, 1.807) is 7.05 Å². The molecule has 0 aliphatic rings. The standard InChI is InChI=1S/C12H15F3N2O2.ClH/c1-16-5-6-17(2)11(18)9-4-3-8(13)7-10(9)19-12(14)15;/h3-4,7,12,16H,5-6H2,1-2H3;1H. The van der Waals surface area contributed by atoms with Crippen LogP contribution in [-0.2, 0) is 0 Å². The molecule has 0 atom stereocenters. The Morgan fingerprint density at radius 2 is 2.10 bits per heavy atom. The first-order valence-corrected chi connectivity index (χ1v) is 5.60. The average Bonchev–Trinajstić information content (AvgIpc) is 2.34. The van der Waals surface area contributed by atoms with Gasteiger partial charge in [0, 0.05) is 26.2 Å². The third kappa shape index (κ3) is 5.26. The zero-order valence-electron chi connectivity index (χ0n) is 11.0. The molecule has 0 radical (unpaired) electrons. The quantitative estimate of drug-likeness (QED) is 0.875. The van der Waals surface area contributed by atoms with E-state index >= 15 is 0 Å². The largest absolute Gasteiger partial charge is 0.434 e. The van der Waals surface area contributed by atoms with Crippen LogP contribution >= 0.6 is 12.4 Å². The van der Waals surface area contributed by atoms with Crippen LogP contribution in [0.2, 0.25) is 0 Å². The maximum Gasteiger partial charge on any atom is 0.387 e. The molecule has 114 valence electrons. The van der Waals surface area contributed by atoms with Crippen LogP contribution in [-0.4, -0.2) is 44.6 Å². The molecule has 0 aromatic heterocycles. The third-order valence-corrected chi connectivity index (χ3v) is 2.43. The number of halogens is 4. The molecular formula is C12H16ClF3N2O2. The number of hydrogen-bond donors (Lipinski definition) is 1. The lowest BCUT2D eigenvalue weighted by Gasteiger charge is -2.18. The lowest BCUT2D eigenvalue weighted by Crippen LogP contribution is -2.33. The lowest BCUT2D eigenvalue weighted by atomic mass is 10.1. The van der Waals surface area contributed by atoms with Crippen LogP contribution in [0.25, 0.3) is 0 Å². The molecule has 0 saturated heterocycles. The Balaban J connectivity index is 0.00000361. The highest BCUT2D eigenvalue weighted by Crippen LogP contribution is 2.23. The summed E-state index contributed by atoms with van der Waals surface area (Å²) < 4.78 is 41.6. The molecule has 20 heavy (non-hydrogen) atoms. The van der Waals surface area contributed by atoms with Gasteiger partial charge in [0.15, 0.2) is 0 Å². The Hall–Kier alpha value is -1.47. The SMILES string of the molecule is CNCCN(C)C(=O)c1ccc(F)cc1OC(F)F.Cl. The van der Waals surface area contributed by atoms with Crippen molar-refractivity contribution in [3.63, 3.8) is 0 Å². The first-order valence-electron chi connectivity index (χ1n) is 5.60. The summed E-state index contributed by atoms with van der Waals surface area (Å²) in [6.07, 6.45) is 0. The molecule has 0 fully saturated rings. The van der Waals surface area contributed by atoms with Gasteiger partial charge >= 0.3 is 6.61 Å². The monoisotopic (exact) mass is 312 g/mol. The molecule has 1 aromatic rings. The minimum Gasteiger partial charge on any atom is -0.434 e. The van der Waals surface area contributed by atoms with Gasteiger partial charge in [-0.1, -0.05) is 0 Å². The van der Waals surface area contributed by atoms with Crippen LogP contribution in [0.4, 0.5) is 13.2 Å². The molecular weight excluding hydrogens is 297 g/mol. The average molecular weight is 313 g/mol. The van der Waals surface area contributed by atoms with Crippen molar-refractivity contribution in [2.45, 2.75) is 6.61 Å². The van der Waals surface area contributed by atoms with E-state index in [0.29, 0.717) is 13.1 Å². The van der Waals surface area contributed by atoms with Gasteiger partial charge in [0.1, 0.15) is 11.6 Å². The van der Waals surface area contributed by atoms with Crippen molar-refractivity contribution in [2.75, 3.05) is 27.2 Å². The molecule has 8 heteroatoms. The van der Waals surface area contributed by atoms with Gasteiger partial charge in [0.2, 0.25) is 0 Å². The summed E-state index contributed by atoms with van der Waals surface area (Å²) >= 11 is 0. The molecule has 1 amide bonds. The molecule has 0 heterocycles. The number of likely N-dealkylation sites (N-methyl/N-ethyl adjacent to an activating group) is 2. The van der Waals surface area contributed by atoms with Crippen molar-refractivity contribution in [1.29, 1.82) is 0 Å². The second-order valence-electron chi connectivity index (χ2n) is 3.85. The summed E-state index contributed by atoms with van der Waals surface area (Å²) in [5, 5.41) is 2.86. The lowest BCUT2D eigenvalue weighted by molar-refractivity contribution is -0.0504. The minimum atomic E-state index is -3.11. The fourth-order valence-electron chi connectivity index (χ4n) is 1.45. The summed E-state index contributed by atoms with van der Waals surface area (Å²) in [5.41, 5.74) is -0.0969. The predicted octanol–water partition coefficient (Wildman–Crippen LogP) is 2.14. The van der Waals surface area contributed by atoms with Crippen LogP contribution in [0.1, 0.15) is 10.4 Å². The second kappa shape index (κ2) is 8.65. The Morgan fingerprint density at radius 1 is 1.45 bits per heavy atom. The van der Waals surface area contributed by atoms with Crippen LogP contribution < -0.4 is 10.1 Å². The molecule has 0 saturated carbocycles. The molecule has 0 aliphatic carbocycles. The highest BCUT2D eigenvalue weighted by Gasteiger charge is 2.19. The highest BCUT2D eigenvalue weighted by molar-refractivity contribution is 5.96. The topological polar surface area (TPSA) is 41.6 Å². The van der Waals surface area contributed by atoms with Crippen molar-refractivity contribution >= 4 is 18.3 Å². The molecule has 1 N–H and O–H groups in total. The Morgan fingerprint density at radius 3 is 2.65 bits per heavy atom. The van der Waals surface area contributed by atoms with Gasteiger partial charge < -0.3 is 15.0 Å². The summed E-state index contributed by atoms with van der Waals surface area (Å²) in [6, 6.07) is 2.92. The summed E-state index contributed by atoms with van der Waals surface area (Å²) in [7, 11) is 3.25. The molecule has 4 nitrogen and oxygen atoms in total. The van der Waals surface area contributed by atoms with E-state index in [-0.39, 0.29) is 18.0 Å². The zero-order valence-corrected chi connectivity index (χ0v) is 11.8. The Labute approximate surface area is 121 Å². The normalized spacial score (nSPS) is 10.1. The van der Waals surface area contributed by atoms with Crippen molar-refractivity contribution in [1.82, 2.24) is 10.2 Å². The van der Waals surface area contributed by atoms with Crippen LogP contribution in [0.5, 0.6) is 5.75 Å². The number of carbonyl (C=O) groups is 1. The first kappa shape index (κ1) is 18.5. The van der Waals surface area contributed by atoms with Gasteiger partial charge in [-0.3, -0.25) is 4.79 Å². The number of alkyl halides is 2. The minimum absolute atomic E-state index is 0. The number of hydrogen-bond acceptors (Lipinski definition) is 3. The molecule has 0 unspecified atom stereocenters. The van der Waals surface area contributed by atoms with E-state index in [4.69, 9.17) is 0 Å². The van der Waals surface area contributed by atoms with Gasteiger partial charge in [-0.05, 0) is 19.2 Å². The molecule has 0 bridgehead atoms. The van der Waals surface area contributed by atoms with E-state index in [1.165, 1.54) is 11.9 Å². The summed E-state index contributed by atoms with van der Waals surface area (Å²) in [4.78, 5) is 13.4. The molecule has 1 rings (SSSR count). The summed E-state index contributed by atoms with van der Waals surface area (Å²) in [5.74, 6) is -1.72. The Kier molecular flexibility index (Phi) is 8.02. The third-order valence-electron chi connectivity index (χ3n) is 2.43. The van der Waals surface area contributed by atoms with Gasteiger partial charge in [-0.25, -0.2) is 4.39 Å². The second-order valence-corrected chi connectivity index (χ2v) is 3.85. The van der Waals surface area contributed by atoms with E-state index in [0.717, 1.165) is 18.2 Å². The number of rotatable bonds is 6. The van der Waals surface area contributed by atoms with Gasteiger partial charge in [-0.15, -0.1) is 12.4 Å². The van der Waals surface area contributed by atoms with Crippen molar-refractivity contribution in [3.8, 4) is 5.75 Å². The van der Waals surface area contributed by atoms with Crippen LogP contribution in [0, 0.1) is 5.82 Å². The van der Waals surface area contributed by atoms with E-state index < -0.39 is 24.1 Å². The van der Waals surface area contributed by atoms with E-state index in [2.05, 4.69) is 10.1 Å². The predicted molar refractivity (Wildman–Crippen MR) is 71.2 cm³/mol. The summed E-state index contributed by atoms with van der Waals surface area (Å²) in [6.45, 7) is -2.18. The van der Waals surface area contributed by atoms with Gasteiger partial charge in [0.25, 0.3) is 5.91 Å². The van der Waals surface area contributed by atoms with Crippen LogP contribution in [0.15, 0.2) is 18.2 Å². The van der Waals surface area contributed by atoms with Crippen molar-refractivity contribution in [2.24, 2.45) is 0 Å². The maximum absolute atomic E-state index is 13.0. The zero-order chi connectivity index (χ0) is 14.4. The number of benzene rings is 1. The Bertz CT molecular complexity index is 447. The number of carbonyl (C=O) groups excluding carboxylic acids is 1. The molecule has 0 aliphatic heterocycles. The van der Waals surface area contributed by atoms with E-state index in [1.807, 2.05) is 0 Å². The number of amides is 1. The van der Waals surface area contributed by atoms with Gasteiger partial charge in [0.05, 0.1) is 5.56 Å². The number of nitrogens with zero attached hydrogens (tertiary/aromatic N) is 1. The smallest absolute Gasteiger partial charge is 0.387 e. The molecule has 1 aromatic carbocycles. The maximum atomic E-state index is 13.0. The fourth-order valence-corrected chi connectivity index (χ4v) is 1.45. The van der Waals surface area contributed by atoms with Crippen molar-refractivity contribution in [3.05, 3.63) is 29.6 Å². The first-order chi connectivity index (χ1) is 8.95. The van der Waals surface area contributed by atoms with Gasteiger partial charge in [-0.2, -0.15) is 8.78 Å². The van der Waals surface area contributed by atoms with Crippen LogP contribution in [0.3, 0.4) is 0 Å². The van der Waals surface area contributed by atoms with Crippen molar-refractivity contribution < 1.29 is 22.7 Å². The molecule has 0 spiro atoms.